The number of hydrogen-bond acceptors (Lipinski definition) is 4. The van der Waals surface area contributed by atoms with E-state index in [0.717, 1.165) is 0 Å². The van der Waals surface area contributed by atoms with E-state index in [0.29, 0.717) is 10.7 Å². The van der Waals surface area contributed by atoms with Crippen LogP contribution in [0.3, 0.4) is 0 Å². The summed E-state index contributed by atoms with van der Waals surface area (Å²) in [7, 11) is 0. The molecule has 2 heterocycles. The maximum absolute atomic E-state index is 11.5. The number of hydrazine groups is 1. The topological polar surface area (TPSA) is 95.5 Å². The van der Waals surface area contributed by atoms with E-state index in [1.54, 1.807) is 28.8 Å². The number of rotatable bonds is 2. The molecule has 2 aromatic rings. The molecule has 1 atom stereocenters. The summed E-state index contributed by atoms with van der Waals surface area (Å²) in [5, 5.41) is 0.328. The number of carbonyl (C=O) groups excluding carboxylic acids is 1. The highest BCUT2D eigenvalue weighted by Crippen LogP contribution is 2.16. The minimum Gasteiger partial charge on any atom is -0.609 e. The van der Waals surface area contributed by atoms with Gasteiger partial charge in [-0.3, -0.25) is 14.6 Å². The van der Waals surface area contributed by atoms with E-state index in [1.807, 2.05) is 5.43 Å². The van der Waals surface area contributed by atoms with Gasteiger partial charge in [-0.2, -0.15) is 4.98 Å². The van der Waals surface area contributed by atoms with Crippen LogP contribution in [0.25, 0.3) is 5.52 Å². The molecule has 0 bridgehead atoms. The molecule has 0 aliphatic heterocycles. The molecule has 6 nitrogen and oxygen atoms in total. The summed E-state index contributed by atoms with van der Waals surface area (Å²) in [6.07, 6.45) is 3.21. The molecule has 0 saturated heterocycles. The highest BCUT2D eigenvalue weighted by atomic mass is 32.2. The Labute approximate surface area is 94.6 Å². The van der Waals surface area contributed by atoms with E-state index in [1.165, 1.54) is 6.26 Å². The molecule has 7 heteroatoms. The average Bonchev–Trinajstić information content (AvgIpc) is 2.67. The molecule has 0 aliphatic carbocycles. The Morgan fingerprint density at radius 3 is 3.00 bits per heavy atom. The van der Waals surface area contributed by atoms with Gasteiger partial charge >= 0.3 is 5.16 Å². The Kier molecular flexibility index (Phi) is 2.82. The predicted octanol–water partition coefficient (Wildman–Crippen LogP) is -0.325. The van der Waals surface area contributed by atoms with E-state index in [9.17, 15) is 9.35 Å². The summed E-state index contributed by atoms with van der Waals surface area (Å²) in [5.74, 6) is 4.56. The molecule has 0 fully saturated rings. The fraction of sp³-hybridized carbons (Fsp3) is 0.111. The fourth-order valence-electron chi connectivity index (χ4n) is 1.45. The minimum absolute atomic E-state index is 0.174. The number of imidazole rings is 1. The first-order valence-corrected chi connectivity index (χ1v) is 6.02. The molecule has 84 valence electrons. The lowest BCUT2D eigenvalue weighted by molar-refractivity contribution is 0.0950. The highest BCUT2D eigenvalue weighted by molar-refractivity contribution is 7.90. The number of nitrogen functional groups attached to an aromatic ring is 1. The molecule has 0 radical (unpaired) electrons. The number of nitrogens with two attached hydrogens (primary N) is 1. The summed E-state index contributed by atoms with van der Waals surface area (Å²) in [5.41, 5.74) is 2.77. The first-order valence-electron chi connectivity index (χ1n) is 4.46. The Balaban J connectivity index is 2.71. The van der Waals surface area contributed by atoms with Crippen LogP contribution in [0.1, 0.15) is 10.5 Å². The Morgan fingerprint density at radius 1 is 1.62 bits per heavy atom. The molecule has 1 unspecified atom stereocenters. The third kappa shape index (κ3) is 1.64. The van der Waals surface area contributed by atoms with Crippen molar-refractivity contribution in [2.45, 2.75) is 5.16 Å². The molecule has 2 aromatic heterocycles. The van der Waals surface area contributed by atoms with Crippen LogP contribution < -0.4 is 11.3 Å². The van der Waals surface area contributed by atoms with E-state index in [2.05, 4.69) is 4.98 Å². The molecule has 3 N–H and O–H groups in total. The number of fused-ring (bicyclic) bond motifs is 1. The van der Waals surface area contributed by atoms with Crippen LogP contribution in [-0.2, 0) is 11.2 Å². The van der Waals surface area contributed by atoms with Gasteiger partial charge < -0.3 is 4.55 Å². The van der Waals surface area contributed by atoms with Crippen molar-refractivity contribution in [3.05, 3.63) is 30.1 Å². The summed E-state index contributed by atoms with van der Waals surface area (Å²) >= 11 is -1.27. The fourth-order valence-corrected chi connectivity index (χ4v) is 2.10. The monoisotopic (exact) mass is 238 g/mol. The van der Waals surface area contributed by atoms with E-state index >= 15 is 0 Å². The highest BCUT2D eigenvalue weighted by Gasteiger charge is 2.21. The van der Waals surface area contributed by atoms with Gasteiger partial charge in [-0.05, 0) is 12.1 Å². The number of nitrogens with one attached hydrogen (secondary N) is 1. The summed E-state index contributed by atoms with van der Waals surface area (Å²) < 4.78 is 13.1. The van der Waals surface area contributed by atoms with Gasteiger partial charge in [0.1, 0.15) is 6.26 Å². The van der Waals surface area contributed by atoms with Crippen LogP contribution in [0.2, 0.25) is 0 Å². The van der Waals surface area contributed by atoms with E-state index in [-0.39, 0.29) is 5.69 Å². The molecule has 0 saturated carbocycles. The average molecular weight is 238 g/mol. The van der Waals surface area contributed by atoms with Gasteiger partial charge in [0, 0.05) is 17.4 Å². The largest absolute Gasteiger partial charge is 0.609 e. The molecular weight excluding hydrogens is 228 g/mol. The van der Waals surface area contributed by atoms with Crippen LogP contribution in [0.4, 0.5) is 0 Å². The van der Waals surface area contributed by atoms with E-state index in [4.69, 9.17) is 5.84 Å². The SMILES string of the molecule is C[S+]([O-])c1nc(C(=O)NN)c2ccccn12. The van der Waals surface area contributed by atoms with Gasteiger partial charge in [-0.15, -0.1) is 0 Å². The van der Waals surface area contributed by atoms with Crippen molar-refractivity contribution in [2.75, 3.05) is 6.26 Å². The molecular formula is C9H10N4O2S. The Hall–Kier alpha value is -1.57. The summed E-state index contributed by atoms with van der Waals surface area (Å²) in [4.78, 5) is 15.5. The normalized spacial score (nSPS) is 12.7. The zero-order chi connectivity index (χ0) is 11.7. The summed E-state index contributed by atoms with van der Waals surface area (Å²) in [6, 6.07) is 5.26. The summed E-state index contributed by atoms with van der Waals surface area (Å²) in [6.45, 7) is 0. The maximum atomic E-state index is 11.5. The van der Waals surface area contributed by atoms with Crippen molar-refractivity contribution in [3.63, 3.8) is 0 Å². The lowest BCUT2D eigenvalue weighted by Crippen LogP contribution is -2.30. The van der Waals surface area contributed by atoms with Gasteiger partial charge in [0.05, 0.1) is 5.52 Å². The van der Waals surface area contributed by atoms with Crippen LogP contribution in [-0.4, -0.2) is 26.1 Å². The standard InChI is InChI=1S/C9H10N4O2S/c1-16(15)9-11-7(8(14)12-10)6-4-2-3-5-13(6)9/h2-5H,10H2,1H3,(H,12,14). The Morgan fingerprint density at radius 2 is 2.38 bits per heavy atom. The third-order valence-corrected chi connectivity index (χ3v) is 2.92. The molecule has 2 rings (SSSR count). The van der Waals surface area contributed by atoms with Gasteiger partial charge in [0.15, 0.2) is 5.69 Å². The zero-order valence-electron chi connectivity index (χ0n) is 8.51. The van der Waals surface area contributed by atoms with Gasteiger partial charge in [-0.1, -0.05) is 6.07 Å². The van der Waals surface area contributed by atoms with Crippen molar-refractivity contribution < 1.29 is 9.35 Å². The predicted molar refractivity (Wildman–Crippen MR) is 59.2 cm³/mol. The van der Waals surface area contributed by atoms with Crippen molar-refractivity contribution in [1.29, 1.82) is 0 Å². The van der Waals surface area contributed by atoms with Crippen LogP contribution >= 0.6 is 0 Å². The second-order valence-corrected chi connectivity index (χ2v) is 4.40. The molecule has 16 heavy (non-hydrogen) atoms. The van der Waals surface area contributed by atoms with Crippen molar-refractivity contribution in [1.82, 2.24) is 14.8 Å². The van der Waals surface area contributed by atoms with Crippen molar-refractivity contribution in [3.8, 4) is 0 Å². The van der Waals surface area contributed by atoms with Crippen molar-refractivity contribution in [2.24, 2.45) is 5.84 Å². The minimum atomic E-state index is -1.27. The zero-order valence-corrected chi connectivity index (χ0v) is 9.32. The van der Waals surface area contributed by atoms with Crippen LogP contribution in [0, 0.1) is 0 Å². The number of amides is 1. The molecule has 0 spiro atoms. The Bertz CT molecular complexity index is 537. The lowest BCUT2D eigenvalue weighted by atomic mass is 10.3. The second-order valence-electron chi connectivity index (χ2n) is 3.13. The van der Waals surface area contributed by atoms with Gasteiger partial charge in [-0.25, -0.2) is 5.84 Å². The van der Waals surface area contributed by atoms with Crippen molar-refractivity contribution >= 4 is 22.6 Å². The molecule has 1 amide bonds. The third-order valence-electron chi connectivity index (χ3n) is 2.12. The van der Waals surface area contributed by atoms with E-state index < -0.39 is 17.1 Å². The van der Waals surface area contributed by atoms with Crippen LogP contribution in [0.15, 0.2) is 29.6 Å². The maximum Gasteiger partial charge on any atom is 0.328 e. The number of carbonyl (C=O) groups is 1. The first kappa shape index (κ1) is 10.9. The van der Waals surface area contributed by atoms with Gasteiger partial charge in [0.2, 0.25) is 0 Å². The smallest absolute Gasteiger partial charge is 0.328 e. The second kappa shape index (κ2) is 4.12. The number of aromatic nitrogens is 2. The number of nitrogens with zero attached hydrogens (tertiary/aromatic N) is 2. The van der Waals surface area contributed by atoms with Crippen LogP contribution in [0.5, 0.6) is 0 Å². The van der Waals surface area contributed by atoms with Gasteiger partial charge in [0.25, 0.3) is 5.91 Å². The molecule has 0 aromatic carbocycles. The lowest BCUT2D eigenvalue weighted by Gasteiger charge is -2.00. The number of pyridine rings is 1. The quantitative estimate of drug-likeness (QED) is 0.324. The molecule has 0 aliphatic rings. The number of hydrogen-bond donors (Lipinski definition) is 2. The first-order chi connectivity index (χ1) is 7.65.